The molecule has 0 saturated heterocycles. The Morgan fingerprint density at radius 1 is 1.32 bits per heavy atom. The predicted octanol–water partition coefficient (Wildman–Crippen LogP) is 1.83. The molecule has 0 radical (unpaired) electrons. The molecule has 0 unspecified atom stereocenters. The van der Waals surface area contributed by atoms with Crippen molar-refractivity contribution in [2.24, 2.45) is 0 Å². The van der Waals surface area contributed by atoms with Crippen LogP contribution in [0.25, 0.3) is 0 Å². The molecular weight excluding hydrogens is 343 g/mol. The molecule has 0 aromatic heterocycles. The highest BCUT2D eigenvalue weighted by atomic mass is 79.9. The Hall–Kier alpha value is -0.990. The minimum atomic E-state index is -3.92. The van der Waals surface area contributed by atoms with Crippen LogP contribution >= 0.6 is 15.9 Å². The zero-order chi connectivity index (χ0) is 14.6. The Bertz CT molecular complexity index is 585. The number of benzene rings is 1. The quantitative estimate of drug-likeness (QED) is 0.760. The summed E-state index contributed by atoms with van der Waals surface area (Å²) in [6.07, 6.45) is 0.452. The second kappa shape index (κ2) is 6.44. The molecule has 0 bridgehead atoms. The molecule has 1 aromatic carbocycles. The van der Waals surface area contributed by atoms with E-state index in [1.54, 1.807) is 0 Å². The topological polar surface area (TPSA) is 91.7 Å². The van der Waals surface area contributed by atoms with E-state index >= 15 is 0 Å². The van der Waals surface area contributed by atoms with Gasteiger partial charge >= 0.3 is 5.97 Å². The molecule has 2 N–H and O–H groups in total. The maximum absolute atomic E-state index is 13.9. The van der Waals surface area contributed by atoms with E-state index < -0.39 is 32.1 Å². The second-order valence-electron chi connectivity index (χ2n) is 3.82. The number of hydrogen-bond donors (Lipinski definition) is 2. The van der Waals surface area contributed by atoms with Crippen LogP contribution in [0.5, 0.6) is 0 Å². The van der Waals surface area contributed by atoms with Crippen molar-refractivity contribution in [3.8, 4) is 0 Å². The molecule has 0 saturated carbocycles. The average Bonchev–Trinajstić information content (AvgIpc) is 2.31. The number of halogens is 2. The second-order valence-corrected chi connectivity index (χ2v) is 6.81. The van der Waals surface area contributed by atoms with Crippen molar-refractivity contribution in [1.82, 2.24) is 0 Å². The van der Waals surface area contributed by atoms with Gasteiger partial charge in [0.1, 0.15) is 4.90 Å². The molecular formula is C11H12BrFO5S. The van der Waals surface area contributed by atoms with Gasteiger partial charge in [-0.15, -0.1) is 0 Å². The van der Waals surface area contributed by atoms with E-state index in [4.69, 9.17) is 10.2 Å². The number of aromatic carboxylic acids is 1. The molecule has 106 valence electrons. The van der Waals surface area contributed by atoms with Crippen molar-refractivity contribution < 1.29 is 27.8 Å². The zero-order valence-electron chi connectivity index (χ0n) is 9.77. The Labute approximate surface area is 118 Å². The summed E-state index contributed by atoms with van der Waals surface area (Å²) in [5.74, 6) is -3.15. The van der Waals surface area contributed by atoms with Crippen LogP contribution in [-0.4, -0.2) is 37.0 Å². The first-order valence-corrected chi connectivity index (χ1v) is 7.80. The van der Waals surface area contributed by atoms with Crippen molar-refractivity contribution in [3.63, 3.8) is 0 Å². The van der Waals surface area contributed by atoms with Crippen molar-refractivity contribution in [2.45, 2.75) is 17.7 Å². The molecule has 8 heteroatoms. The predicted molar refractivity (Wildman–Crippen MR) is 69.4 cm³/mol. The lowest BCUT2D eigenvalue weighted by atomic mass is 10.2. The van der Waals surface area contributed by atoms with Crippen molar-refractivity contribution >= 4 is 31.7 Å². The standard InChI is InChI=1S/C11H12BrFO5S/c12-7-5-8(11(15)16)10(13)9(6-7)19(17,18)4-2-1-3-14/h5-6,14H,1-4H2,(H,15,16). The molecule has 19 heavy (non-hydrogen) atoms. The van der Waals surface area contributed by atoms with Crippen LogP contribution in [0.2, 0.25) is 0 Å². The summed E-state index contributed by atoms with van der Waals surface area (Å²) in [7, 11) is -3.92. The van der Waals surface area contributed by atoms with E-state index in [0.29, 0.717) is 0 Å². The smallest absolute Gasteiger partial charge is 0.338 e. The highest BCUT2D eigenvalue weighted by Crippen LogP contribution is 2.25. The fourth-order valence-corrected chi connectivity index (χ4v) is 3.56. The number of rotatable bonds is 6. The molecule has 0 aliphatic carbocycles. The van der Waals surface area contributed by atoms with Crippen LogP contribution in [-0.2, 0) is 9.84 Å². The van der Waals surface area contributed by atoms with Crippen molar-refractivity contribution in [2.75, 3.05) is 12.4 Å². The normalized spacial score (nSPS) is 11.5. The number of unbranched alkanes of at least 4 members (excludes halogenated alkanes) is 1. The Balaban J connectivity index is 3.23. The van der Waals surface area contributed by atoms with Crippen molar-refractivity contribution in [1.29, 1.82) is 0 Å². The van der Waals surface area contributed by atoms with Gasteiger partial charge in [-0.2, -0.15) is 0 Å². The summed E-state index contributed by atoms with van der Waals surface area (Å²) in [5, 5.41) is 17.4. The first kappa shape index (κ1) is 16.1. The fraction of sp³-hybridized carbons (Fsp3) is 0.364. The zero-order valence-corrected chi connectivity index (χ0v) is 12.2. The van der Waals surface area contributed by atoms with Gasteiger partial charge in [-0.05, 0) is 25.0 Å². The molecule has 0 aliphatic rings. The third kappa shape index (κ3) is 3.99. The van der Waals surface area contributed by atoms with Crippen LogP contribution in [0.3, 0.4) is 0 Å². The van der Waals surface area contributed by atoms with Crippen LogP contribution in [0.15, 0.2) is 21.5 Å². The number of aliphatic hydroxyl groups is 1. The van der Waals surface area contributed by atoms with E-state index in [1.165, 1.54) is 0 Å². The van der Waals surface area contributed by atoms with Crippen molar-refractivity contribution in [3.05, 3.63) is 28.0 Å². The lowest BCUT2D eigenvalue weighted by Crippen LogP contribution is -2.12. The maximum Gasteiger partial charge on any atom is 0.338 e. The SMILES string of the molecule is O=C(O)c1cc(Br)cc(S(=O)(=O)CCCCO)c1F. The number of carbonyl (C=O) groups is 1. The molecule has 5 nitrogen and oxygen atoms in total. The summed E-state index contributed by atoms with van der Waals surface area (Å²) < 4.78 is 37.9. The van der Waals surface area contributed by atoms with E-state index in [-0.39, 0.29) is 29.7 Å². The summed E-state index contributed by atoms with van der Waals surface area (Å²) >= 11 is 2.96. The Kier molecular flexibility index (Phi) is 5.45. The van der Waals surface area contributed by atoms with E-state index in [0.717, 1.165) is 12.1 Å². The Morgan fingerprint density at radius 2 is 1.95 bits per heavy atom. The summed E-state index contributed by atoms with van der Waals surface area (Å²) in [5.41, 5.74) is -0.699. The van der Waals surface area contributed by atoms with Crippen LogP contribution < -0.4 is 0 Å². The molecule has 0 heterocycles. The lowest BCUT2D eigenvalue weighted by Gasteiger charge is -2.08. The van der Waals surface area contributed by atoms with Gasteiger partial charge in [0.05, 0.1) is 11.3 Å². The first-order chi connectivity index (χ1) is 8.79. The van der Waals surface area contributed by atoms with Gasteiger partial charge in [0, 0.05) is 11.1 Å². The highest BCUT2D eigenvalue weighted by molar-refractivity contribution is 9.10. The summed E-state index contributed by atoms with van der Waals surface area (Å²) in [6.45, 7) is -0.156. The van der Waals surface area contributed by atoms with E-state index in [1.807, 2.05) is 0 Å². The maximum atomic E-state index is 13.9. The van der Waals surface area contributed by atoms with Gasteiger partial charge in [0.15, 0.2) is 15.7 Å². The van der Waals surface area contributed by atoms with Gasteiger partial charge in [0.2, 0.25) is 0 Å². The van der Waals surface area contributed by atoms with Gasteiger partial charge in [0.25, 0.3) is 0 Å². The minimum absolute atomic E-state index is 0.156. The molecule has 0 aliphatic heterocycles. The monoisotopic (exact) mass is 354 g/mol. The number of aliphatic hydroxyl groups excluding tert-OH is 1. The molecule has 0 fully saturated rings. The molecule has 1 rings (SSSR count). The molecule has 0 atom stereocenters. The average molecular weight is 355 g/mol. The van der Waals surface area contributed by atoms with Gasteiger partial charge in [-0.1, -0.05) is 15.9 Å². The van der Waals surface area contributed by atoms with E-state index in [2.05, 4.69) is 15.9 Å². The van der Waals surface area contributed by atoms with Crippen LogP contribution in [0.4, 0.5) is 4.39 Å². The number of carboxylic acid groups (broad SMARTS) is 1. The van der Waals surface area contributed by atoms with E-state index in [9.17, 15) is 17.6 Å². The minimum Gasteiger partial charge on any atom is -0.478 e. The first-order valence-electron chi connectivity index (χ1n) is 5.35. The number of hydrogen-bond acceptors (Lipinski definition) is 4. The fourth-order valence-electron chi connectivity index (χ4n) is 1.46. The van der Waals surface area contributed by atoms with Gasteiger partial charge in [-0.3, -0.25) is 0 Å². The number of sulfone groups is 1. The molecule has 1 aromatic rings. The largest absolute Gasteiger partial charge is 0.478 e. The Morgan fingerprint density at radius 3 is 2.47 bits per heavy atom. The van der Waals surface area contributed by atoms with Crippen LogP contribution in [0.1, 0.15) is 23.2 Å². The lowest BCUT2D eigenvalue weighted by molar-refractivity contribution is 0.0691. The van der Waals surface area contributed by atoms with Gasteiger partial charge in [-0.25, -0.2) is 17.6 Å². The third-order valence-electron chi connectivity index (χ3n) is 2.39. The summed E-state index contributed by atoms with van der Waals surface area (Å²) in [6, 6.07) is 2.04. The third-order valence-corrected chi connectivity index (χ3v) is 4.64. The molecule has 0 spiro atoms. The molecule has 0 amide bonds. The van der Waals surface area contributed by atoms with Crippen LogP contribution in [0, 0.1) is 5.82 Å². The number of carboxylic acids is 1. The van der Waals surface area contributed by atoms with Gasteiger partial charge < -0.3 is 10.2 Å². The highest BCUT2D eigenvalue weighted by Gasteiger charge is 2.24. The summed E-state index contributed by atoms with van der Waals surface area (Å²) in [4.78, 5) is 10.2.